The molecule has 1 aliphatic carbocycles. The molecule has 1 N–H and O–H groups in total. The lowest BCUT2D eigenvalue weighted by atomic mass is 9.77. The van der Waals surface area contributed by atoms with E-state index in [4.69, 9.17) is 4.98 Å². The minimum Gasteiger partial charge on any atom is -0.339 e. The topological polar surface area (TPSA) is 59.8 Å². The average Bonchev–Trinajstić information content (AvgIpc) is 3.50. The first kappa shape index (κ1) is 20.6. The third kappa shape index (κ3) is 4.65. The quantitative estimate of drug-likeness (QED) is 0.394. The van der Waals surface area contributed by atoms with E-state index < -0.39 is 0 Å². The van der Waals surface area contributed by atoms with Gasteiger partial charge in [-0.05, 0) is 60.6 Å². The summed E-state index contributed by atoms with van der Waals surface area (Å²) in [5, 5.41) is 5.79. The molecule has 162 valence electrons. The number of nitrogens with one attached hydrogen (secondary N) is 1. The molecule has 1 saturated carbocycles. The monoisotopic (exact) mass is 442 g/mol. The van der Waals surface area contributed by atoms with Crippen LogP contribution in [0.2, 0.25) is 0 Å². The number of rotatable bonds is 6. The molecule has 0 spiro atoms. The van der Waals surface area contributed by atoms with Gasteiger partial charge in [0.05, 0.1) is 5.69 Å². The second-order valence-corrected chi connectivity index (χ2v) is 9.24. The van der Waals surface area contributed by atoms with Crippen LogP contribution < -0.4 is 5.32 Å². The molecule has 3 heterocycles. The number of anilines is 1. The highest BCUT2D eigenvalue weighted by Crippen LogP contribution is 2.41. The third-order valence-electron chi connectivity index (χ3n) is 6.27. The Hall–Kier alpha value is -3.25. The Bertz CT molecular complexity index is 1170. The minimum atomic E-state index is -0.129. The summed E-state index contributed by atoms with van der Waals surface area (Å²) in [5.74, 6) is 0.910. The fraction of sp³-hybridized carbons (Fsp3) is 0.269. The highest BCUT2D eigenvalue weighted by Gasteiger charge is 2.26. The van der Waals surface area contributed by atoms with Gasteiger partial charge in [-0.1, -0.05) is 36.8 Å². The lowest BCUT2D eigenvalue weighted by Gasteiger charge is -2.28. The van der Waals surface area contributed by atoms with E-state index in [9.17, 15) is 4.79 Å². The summed E-state index contributed by atoms with van der Waals surface area (Å²) >= 11 is 1.52. The zero-order chi connectivity index (χ0) is 21.8. The zero-order valence-corrected chi connectivity index (χ0v) is 18.7. The molecule has 5 nitrogen and oxygen atoms in total. The maximum Gasteiger partial charge on any atom is 0.274 e. The van der Waals surface area contributed by atoms with Crippen molar-refractivity contribution in [3.8, 4) is 0 Å². The Morgan fingerprint density at radius 1 is 1.03 bits per heavy atom. The van der Waals surface area contributed by atoms with Crippen LogP contribution in [0, 0.1) is 0 Å². The molecule has 0 bridgehead atoms. The molecule has 32 heavy (non-hydrogen) atoms. The number of carbonyl (C=O) groups is 1. The van der Waals surface area contributed by atoms with Crippen molar-refractivity contribution >= 4 is 22.4 Å². The van der Waals surface area contributed by atoms with Gasteiger partial charge in [0, 0.05) is 36.4 Å². The van der Waals surface area contributed by atoms with Gasteiger partial charge in [0.25, 0.3) is 5.91 Å². The van der Waals surface area contributed by atoms with Gasteiger partial charge in [-0.25, -0.2) is 4.98 Å². The summed E-state index contributed by atoms with van der Waals surface area (Å²) < 4.78 is 1.95. The van der Waals surface area contributed by atoms with Crippen LogP contribution in [0.15, 0.2) is 78.6 Å². The molecule has 1 amide bonds. The van der Waals surface area contributed by atoms with E-state index in [1.807, 2.05) is 35.0 Å². The first-order valence-electron chi connectivity index (χ1n) is 11.1. The lowest BCUT2D eigenvalue weighted by Crippen LogP contribution is -2.17. The average molecular weight is 443 g/mol. The molecule has 0 unspecified atom stereocenters. The van der Waals surface area contributed by atoms with E-state index >= 15 is 0 Å². The van der Waals surface area contributed by atoms with Crippen LogP contribution >= 0.6 is 11.3 Å². The molecule has 1 aromatic carbocycles. The van der Waals surface area contributed by atoms with Crippen molar-refractivity contribution in [2.24, 2.45) is 0 Å². The van der Waals surface area contributed by atoms with Gasteiger partial charge in [-0.2, -0.15) is 0 Å². The van der Waals surface area contributed by atoms with Crippen LogP contribution in [0.1, 0.15) is 64.8 Å². The predicted octanol–water partition coefficient (Wildman–Crippen LogP) is 6.08. The summed E-state index contributed by atoms with van der Waals surface area (Å²) in [6.07, 6.45) is 10.2. The van der Waals surface area contributed by atoms with Crippen LogP contribution in [0.25, 0.3) is 0 Å². The molecule has 6 heteroatoms. The van der Waals surface area contributed by atoms with Crippen molar-refractivity contribution in [3.63, 3.8) is 0 Å². The molecule has 0 aliphatic heterocycles. The van der Waals surface area contributed by atoms with Gasteiger partial charge in [0.2, 0.25) is 0 Å². The van der Waals surface area contributed by atoms with E-state index in [2.05, 4.69) is 46.0 Å². The molecule has 4 aromatic rings. The van der Waals surface area contributed by atoms with Gasteiger partial charge in [-0.15, -0.1) is 11.3 Å². The maximum atomic E-state index is 12.9. The standard InChI is InChI=1S/C26H26N4OS/c31-25(24-10-5-15-30(24)17-19-11-13-27-14-12-19)29-26-28-23(18-32-26)22-9-4-8-21(16-22)20-6-2-1-3-7-20/h1-3,5-7,10-15,18,21-22H,4,8-9,16-17H2,(H,28,29,31)/t21-,22-/m1/s1. The Morgan fingerprint density at radius 3 is 2.69 bits per heavy atom. The van der Waals surface area contributed by atoms with Crippen LogP contribution in [-0.4, -0.2) is 20.4 Å². The van der Waals surface area contributed by atoms with Crippen LogP contribution in [0.5, 0.6) is 0 Å². The first-order chi connectivity index (χ1) is 15.8. The van der Waals surface area contributed by atoms with Gasteiger partial charge in [-0.3, -0.25) is 15.1 Å². The largest absolute Gasteiger partial charge is 0.339 e. The normalized spacial score (nSPS) is 18.4. The number of hydrogen-bond donors (Lipinski definition) is 1. The lowest BCUT2D eigenvalue weighted by molar-refractivity contribution is 0.101. The Morgan fingerprint density at radius 2 is 1.84 bits per heavy atom. The number of hydrogen-bond acceptors (Lipinski definition) is 4. The highest BCUT2D eigenvalue weighted by molar-refractivity contribution is 7.14. The first-order valence-corrected chi connectivity index (χ1v) is 12.0. The Kier molecular flexibility index (Phi) is 6.12. The summed E-state index contributed by atoms with van der Waals surface area (Å²) in [4.78, 5) is 21.8. The van der Waals surface area contributed by atoms with Crippen molar-refractivity contribution in [3.05, 3.63) is 101 Å². The molecule has 0 saturated heterocycles. The minimum absolute atomic E-state index is 0.129. The Balaban J connectivity index is 1.25. The number of benzene rings is 1. The summed E-state index contributed by atoms with van der Waals surface area (Å²) in [6.45, 7) is 0.629. The number of thiazole rings is 1. The molecule has 1 aliphatic rings. The summed E-state index contributed by atoms with van der Waals surface area (Å²) in [5.41, 5.74) is 4.27. The zero-order valence-electron chi connectivity index (χ0n) is 17.9. The van der Waals surface area contributed by atoms with E-state index in [1.165, 1.54) is 29.7 Å². The summed E-state index contributed by atoms with van der Waals surface area (Å²) in [7, 11) is 0. The van der Waals surface area contributed by atoms with Gasteiger partial charge in [0.1, 0.15) is 5.69 Å². The third-order valence-corrected chi connectivity index (χ3v) is 7.05. The van der Waals surface area contributed by atoms with Crippen LogP contribution in [0.4, 0.5) is 5.13 Å². The Labute approximate surface area is 192 Å². The second-order valence-electron chi connectivity index (χ2n) is 8.38. The van der Waals surface area contributed by atoms with Crippen molar-refractivity contribution in [1.82, 2.24) is 14.5 Å². The van der Waals surface area contributed by atoms with Crippen molar-refractivity contribution in [2.45, 2.75) is 44.1 Å². The fourth-order valence-electron chi connectivity index (χ4n) is 4.62. The van der Waals surface area contributed by atoms with Crippen LogP contribution in [0.3, 0.4) is 0 Å². The maximum absolute atomic E-state index is 12.9. The number of nitrogens with zero attached hydrogens (tertiary/aromatic N) is 3. The van der Waals surface area contributed by atoms with E-state index in [0.717, 1.165) is 24.1 Å². The summed E-state index contributed by atoms with van der Waals surface area (Å²) in [6, 6.07) is 18.5. The van der Waals surface area contributed by atoms with Crippen molar-refractivity contribution in [1.29, 1.82) is 0 Å². The second kappa shape index (κ2) is 9.49. The van der Waals surface area contributed by atoms with Gasteiger partial charge >= 0.3 is 0 Å². The molecule has 0 radical (unpaired) electrons. The van der Waals surface area contributed by atoms with E-state index in [-0.39, 0.29) is 5.91 Å². The molecular weight excluding hydrogens is 416 g/mol. The van der Waals surface area contributed by atoms with E-state index in [0.29, 0.717) is 29.2 Å². The number of pyridine rings is 1. The van der Waals surface area contributed by atoms with E-state index in [1.54, 1.807) is 12.4 Å². The number of amides is 1. The smallest absolute Gasteiger partial charge is 0.274 e. The fourth-order valence-corrected chi connectivity index (χ4v) is 5.41. The molecule has 1 fully saturated rings. The number of aromatic nitrogens is 3. The highest BCUT2D eigenvalue weighted by atomic mass is 32.1. The number of carbonyl (C=O) groups excluding carboxylic acids is 1. The SMILES string of the molecule is O=C(Nc1nc([C@@H]2CCC[C@@H](c3ccccc3)C2)cs1)c1cccn1Cc1ccncc1. The predicted molar refractivity (Wildman–Crippen MR) is 128 cm³/mol. The van der Waals surface area contributed by atoms with Crippen molar-refractivity contribution in [2.75, 3.05) is 5.32 Å². The van der Waals surface area contributed by atoms with Crippen molar-refractivity contribution < 1.29 is 4.79 Å². The van der Waals surface area contributed by atoms with Crippen LogP contribution in [-0.2, 0) is 6.54 Å². The molecule has 5 rings (SSSR count). The molecule has 2 atom stereocenters. The van der Waals surface area contributed by atoms with Gasteiger partial charge < -0.3 is 4.57 Å². The molecule has 3 aromatic heterocycles. The van der Waals surface area contributed by atoms with Gasteiger partial charge in [0.15, 0.2) is 5.13 Å². The molecular formula is C26H26N4OS.